The number of anilines is 4. The molecule has 0 fully saturated rings. The summed E-state index contributed by atoms with van der Waals surface area (Å²) >= 11 is 0. The summed E-state index contributed by atoms with van der Waals surface area (Å²) in [4.78, 5) is 8.85. The van der Waals surface area contributed by atoms with E-state index in [-0.39, 0.29) is 5.82 Å². The number of hydrogen-bond acceptors (Lipinski definition) is 5. The molecule has 5 nitrogen and oxygen atoms in total. The molecule has 0 saturated heterocycles. The topological polar surface area (TPSA) is 59.1 Å². The van der Waals surface area contributed by atoms with Gasteiger partial charge in [-0.05, 0) is 49.7 Å². The predicted octanol–water partition coefficient (Wildman–Crippen LogP) is 4.73. The van der Waals surface area contributed by atoms with Crippen LogP contribution >= 0.6 is 0 Å². The lowest BCUT2D eigenvalue weighted by atomic mass is 10.2. The highest BCUT2D eigenvalue weighted by atomic mass is 19.1. The van der Waals surface area contributed by atoms with Gasteiger partial charge in [0.1, 0.15) is 17.4 Å². The van der Waals surface area contributed by atoms with Gasteiger partial charge in [0.25, 0.3) is 0 Å². The molecular weight excluding hydrogens is 319 g/mol. The van der Waals surface area contributed by atoms with Crippen LogP contribution < -0.4 is 15.4 Å². The minimum absolute atomic E-state index is 0.307. The van der Waals surface area contributed by atoms with Gasteiger partial charge in [-0.3, -0.25) is 0 Å². The van der Waals surface area contributed by atoms with Crippen molar-refractivity contribution in [1.29, 1.82) is 0 Å². The fourth-order valence-corrected chi connectivity index (χ4v) is 2.44. The molecule has 0 amide bonds. The maximum absolute atomic E-state index is 13.3. The number of nitrogens with one attached hydrogen (secondary N) is 2. The summed E-state index contributed by atoms with van der Waals surface area (Å²) in [5.74, 6) is 1.41. The maximum Gasteiger partial charge on any atom is 0.229 e. The first-order valence-electron chi connectivity index (χ1n) is 7.83. The third kappa shape index (κ3) is 4.23. The maximum atomic E-state index is 13.3. The van der Waals surface area contributed by atoms with Gasteiger partial charge in [0.05, 0.1) is 12.8 Å². The van der Waals surface area contributed by atoms with E-state index >= 15 is 0 Å². The van der Waals surface area contributed by atoms with Crippen LogP contribution in [0.5, 0.6) is 5.75 Å². The van der Waals surface area contributed by atoms with Crippen molar-refractivity contribution in [1.82, 2.24) is 9.97 Å². The van der Waals surface area contributed by atoms with Crippen LogP contribution in [-0.2, 0) is 0 Å². The number of aromatic nitrogens is 2. The summed E-state index contributed by atoms with van der Waals surface area (Å²) in [7, 11) is 1.61. The number of benzene rings is 2. The quantitative estimate of drug-likeness (QED) is 0.704. The molecule has 0 aliphatic carbocycles. The van der Waals surface area contributed by atoms with Crippen molar-refractivity contribution in [2.75, 3.05) is 17.7 Å². The van der Waals surface area contributed by atoms with E-state index in [0.29, 0.717) is 23.2 Å². The van der Waals surface area contributed by atoms with E-state index in [9.17, 15) is 4.39 Å². The van der Waals surface area contributed by atoms with Crippen LogP contribution in [0, 0.1) is 19.7 Å². The molecule has 2 N–H and O–H groups in total. The molecule has 0 radical (unpaired) electrons. The average Bonchev–Trinajstić information content (AvgIpc) is 2.54. The summed E-state index contributed by atoms with van der Waals surface area (Å²) in [6.07, 6.45) is 0. The van der Waals surface area contributed by atoms with Crippen LogP contribution in [0.15, 0.2) is 48.5 Å². The first kappa shape index (κ1) is 16.7. The second-order valence-electron chi connectivity index (χ2n) is 5.68. The third-order valence-corrected chi connectivity index (χ3v) is 3.55. The zero-order valence-corrected chi connectivity index (χ0v) is 14.3. The number of methoxy groups -OCH3 is 1. The Balaban J connectivity index is 1.88. The summed E-state index contributed by atoms with van der Waals surface area (Å²) < 4.78 is 18.7. The van der Waals surface area contributed by atoms with Crippen LogP contribution in [-0.4, -0.2) is 17.1 Å². The van der Waals surface area contributed by atoms with Gasteiger partial charge >= 0.3 is 0 Å². The lowest BCUT2D eigenvalue weighted by Crippen LogP contribution is -2.03. The van der Waals surface area contributed by atoms with E-state index in [2.05, 4.69) is 20.6 Å². The van der Waals surface area contributed by atoms with Crippen molar-refractivity contribution in [2.45, 2.75) is 13.8 Å². The van der Waals surface area contributed by atoms with Crippen LogP contribution in [0.2, 0.25) is 0 Å². The number of aryl methyl sites for hydroxylation is 2. The smallest absolute Gasteiger partial charge is 0.229 e. The molecule has 0 aliphatic heterocycles. The van der Waals surface area contributed by atoms with E-state index in [1.165, 1.54) is 12.1 Å². The fourth-order valence-electron chi connectivity index (χ4n) is 2.44. The number of halogens is 1. The van der Waals surface area contributed by atoms with Crippen LogP contribution in [0.1, 0.15) is 11.3 Å². The minimum atomic E-state index is -0.307. The Morgan fingerprint density at radius 1 is 0.960 bits per heavy atom. The van der Waals surface area contributed by atoms with Gasteiger partial charge < -0.3 is 15.4 Å². The van der Waals surface area contributed by atoms with Crippen molar-refractivity contribution < 1.29 is 9.13 Å². The monoisotopic (exact) mass is 338 g/mol. The Labute approximate surface area is 145 Å². The normalized spacial score (nSPS) is 10.4. The van der Waals surface area contributed by atoms with Crippen molar-refractivity contribution in [3.63, 3.8) is 0 Å². The highest BCUT2D eigenvalue weighted by molar-refractivity contribution is 5.65. The van der Waals surface area contributed by atoms with E-state index in [1.54, 1.807) is 25.3 Å². The number of hydrogen-bond donors (Lipinski definition) is 2. The second kappa shape index (κ2) is 7.17. The highest BCUT2D eigenvalue weighted by Crippen LogP contribution is 2.28. The zero-order chi connectivity index (χ0) is 17.8. The summed E-state index contributed by atoms with van der Waals surface area (Å²) in [5, 5.41) is 6.27. The first-order valence-corrected chi connectivity index (χ1v) is 7.83. The molecule has 25 heavy (non-hydrogen) atoms. The van der Waals surface area contributed by atoms with Crippen molar-refractivity contribution in [3.05, 3.63) is 65.6 Å². The van der Waals surface area contributed by atoms with E-state index in [1.807, 2.05) is 32.0 Å². The molecule has 1 heterocycles. The molecule has 0 aliphatic rings. The molecule has 128 valence electrons. The lowest BCUT2D eigenvalue weighted by Gasteiger charge is -2.13. The summed E-state index contributed by atoms with van der Waals surface area (Å²) in [6.45, 7) is 3.87. The van der Waals surface area contributed by atoms with Gasteiger partial charge in [0.15, 0.2) is 0 Å². The molecule has 2 aromatic carbocycles. The van der Waals surface area contributed by atoms with Crippen LogP contribution in [0.3, 0.4) is 0 Å². The fraction of sp³-hybridized carbons (Fsp3) is 0.158. The average molecular weight is 338 g/mol. The van der Waals surface area contributed by atoms with Crippen LogP contribution in [0.25, 0.3) is 0 Å². The molecule has 6 heteroatoms. The predicted molar refractivity (Wildman–Crippen MR) is 97.5 cm³/mol. The van der Waals surface area contributed by atoms with Gasteiger partial charge in [-0.25, -0.2) is 9.37 Å². The molecule has 0 saturated carbocycles. The SMILES string of the molecule is COc1ccc(C)cc1Nc1nc(C)cc(Nc2cccc(F)c2)n1. The van der Waals surface area contributed by atoms with Crippen molar-refractivity contribution in [3.8, 4) is 5.75 Å². The van der Waals surface area contributed by atoms with Crippen molar-refractivity contribution in [2.24, 2.45) is 0 Å². The molecule has 0 bridgehead atoms. The van der Waals surface area contributed by atoms with Crippen LogP contribution in [0.4, 0.5) is 27.5 Å². The molecule has 0 unspecified atom stereocenters. The standard InChI is InChI=1S/C19H19FN4O/c1-12-7-8-17(25-3)16(9-12)23-19-21-13(2)10-18(24-19)22-15-6-4-5-14(20)11-15/h4-11H,1-3H3,(H2,21,22,23,24). The number of rotatable bonds is 5. The lowest BCUT2D eigenvalue weighted by molar-refractivity contribution is 0.416. The Hall–Kier alpha value is -3.15. The Morgan fingerprint density at radius 2 is 1.80 bits per heavy atom. The van der Waals surface area contributed by atoms with E-state index in [4.69, 9.17) is 4.74 Å². The number of ether oxygens (including phenoxy) is 1. The van der Waals surface area contributed by atoms with E-state index in [0.717, 1.165) is 16.9 Å². The molecule has 0 atom stereocenters. The Kier molecular flexibility index (Phi) is 4.79. The Bertz CT molecular complexity index is 898. The first-order chi connectivity index (χ1) is 12.0. The highest BCUT2D eigenvalue weighted by Gasteiger charge is 2.08. The minimum Gasteiger partial charge on any atom is -0.495 e. The van der Waals surface area contributed by atoms with Gasteiger partial charge in [0.2, 0.25) is 5.95 Å². The summed E-state index contributed by atoms with van der Waals surface area (Å²) in [6, 6.07) is 13.8. The van der Waals surface area contributed by atoms with Gasteiger partial charge in [-0.2, -0.15) is 4.98 Å². The Morgan fingerprint density at radius 3 is 2.56 bits per heavy atom. The second-order valence-corrected chi connectivity index (χ2v) is 5.68. The molecule has 0 spiro atoms. The number of nitrogens with zero attached hydrogens (tertiary/aromatic N) is 2. The van der Waals surface area contributed by atoms with Crippen molar-refractivity contribution >= 4 is 23.1 Å². The van der Waals surface area contributed by atoms with E-state index < -0.39 is 0 Å². The van der Waals surface area contributed by atoms with Gasteiger partial charge in [0, 0.05) is 17.4 Å². The molecule has 3 rings (SSSR count). The zero-order valence-electron chi connectivity index (χ0n) is 14.3. The largest absolute Gasteiger partial charge is 0.495 e. The van der Waals surface area contributed by atoms with Gasteiger partial charge in [-0.15, -0.1) is 0 Å². The molecule has 3 aromatic rings. The van der Waals surface area contributed by atoms with Gasteiger partial charge in [-0.1, -0.05) is 12.1 Å². The molecule has 1 aromatic heterocycles. The summed E-state index contributed by atoms with van der Waals surface area (Å²) in [5.41, 5.74) is 3.28. The third-order valence-electron chi connectivity index (χ3n) is 3.55. The molecular formula is C19H19FN4O.